The van der Waals surface area contributed by atoms with E-state index in [-0.39, 0.29) is 13.1 Å². The molecule has 0 aliphatic carbocycles. The quantitative estimate of drug-likeness (QED) is 0.392. The Balaban J connectivity index is 5.16. The summed E-state index contributed by atoms with van der Waals surface area (Å²) in [6.07, 6.45) is 0.992. The molecule has 0 radical (unpaired) electrons. The van der Waals surface area contributed by atoms with E-state index < -0.39 is 26.8 Å². The second-order valence-electron chi connectivity index (χ2n) is 5.54. The van der Waals surface area contributed by atoms with Crippen molar-refractivity contribution >= 4 is 5.91 Å². The van der Waals surface area contributed by atoms with Gasteiger partial charge in [-0.05, 0) is 6.08 Å². The first-order chi connectivity index (χ1) is 8.44. The van der Waals surface area contributed by atoms with E-state index in [9.17, 15) is 25.0 Å². The molecule has 0 aromatic carbocycles. The summed E-state index contributed by atoms with van der Waals surface area (Å²) < 4.78 is 0. The Bertz CT molecular complexity index is 375. The molecule has 0 saturated heterocycles. The predicted molar refractivity (Wildman–Crippen MR) is 68.9 cm³/mol. The Hall–Kier alpha value is -1.99. The zero-order valence-corrected chi connectivity index (χ0v) is 11.6. The van der Waals surface area contributed by atoms with E-state index in [4.69, 9.17) is 0 Å². The highest BCUT2D eigenvalue weighted by Gasteiger charge is 2.40. The molecule has 8 nitrogen and oxygen atoms in total. The Labute approximate surface area is 111 Å². The second-order valence-corrected chi connectivity index (χ2v) is 5.54. The van der Waals surface area contributed by atoms with E-state index in [0.29, 0.717) is 0 Å². The molecule has 0 N–H and O–H groups in total. The molecule has 0 saturated carbocycles. The van der Waals surface area contributed by atoms with Gasteiger partial charge in [0.05, 0.1) is 13.1 Å². The zero-order chi connectivity index (χ0) is 15.4. The van der Waals surface area contributed by atoms with Crippen molar-refractivity contribution in [2.45, 2.75) is 38.8 Å². The lowest BCUT2D eigenvalue weighted by Crippen LogP contribution is -2.52. The van der Waals surface area contributed by atoms with E-state index in [1.54, 1.807) is 0 Å². The van der Waals surface area contributed by atoms with Crippen LogP contribution in [0.2, 0.25) is 0 Å². The van der Waals surface area contributed by atoms with Gasteiger partial charge in [0.1, 0.15) is 0 Å². The third-order valence-electron chi connectivity index (χ3n) is 2.63. The van der Waals surface area contributed by atoms with Crippen molar-refractivity contribution in [3.63, 3.8) is 0 Å². The van der Waals surface area contributed by atoms with Crippen molar-refractivity contribution in [1.82, 2.24) is 4.90 Å². The van der Waals surface area contributed by atoms with Crippen LogP contribution < -0.4 is 0 Å². The molecule has 0 rings (SSSR count). The number of hydrogen-bond donors (Lipinski definition) is 0. The highest BCUT2D eigenvalue weighted by molar-refractivity contribution is 5.87. The number of amides is 1. The van der Waals surface area contributed by atoms with E-state index in [1.807, 2.05) is 0 Å². The predicted octanol–water partition coefficient (Wildman–Crippen LogP) is 1.11. The van der Waals surface area contributed by atoms with Crippen molar-refractivity contribution in [1.29, 1.82) is 0 Å². The van der Waals surface area contributed by atoms with Crippen LogP contribution in [-0.2, 0) is 4.79 Å². The SMILES string of the molecule is C=CC(=O)N(CC(C)(C)[N+](=O)[O-])CC(C)(C)[N+](=O)[O-]. The van der Waals surface area contributed by atoms with Gasteiger partial charge in [-0.15, -0.1) is 0 Å². The number of carbonyl (C=O) groups is 1. The molecule has 19 heavy (non-hydrogen) atoms. The van der Waals surface area contributed by atoms with Crippen LogP contribution in [0.4, 0.5) is 0 Å². The Morgan fingerprint density at radius 2 is 1.42 bits per heavy atom. The van der Waals surface area contributed by atoms with Crippen LogP contribution in [0.15, 0.2) is 12.7 Å². The van der Waals surface area contributed by atoms with Gasteiger partial charge in [-0.25, -0.2) is 0 Å². The molecule has 0 aromatic heterocycles. The summed E-state index contributed by atoms with van der Waals surface area (Å²) in [4.78, 5) is 33.5. The lowest BCUT2D eigenvalue weighted by Gasteiger charge is -2.29. The monoisotopic (exact) mass is 273 g/mol. The maximum absolute atomic E-state index is 11.7. The molecule has 1 amide bonds. The van der Waals surface area contributed by atoms with Gasteiger partial charge in [0.2, 0.25) is 17.0 Å². The highest BCUT2D eigenvalue weighted by atomic mass is 16.6. The van der Waals surface area contributed by atoms with Crippen LogP contribution in [0.3, 0.4) is 0 Å². The summed E-state index contributed by atoms with van der Waals surface area (Å²) in [5.74, 6) is -0.565. The topological polar surface area (TPSA) is 107 Å². The fourth-order valence-electron chi connectivity index (χ4n) is 1.39. The summed E-state index contributed by atoms with van der Waals surface area (Å²) in [5.41, 5.74) is -2.77. The van der Waals surface area contributed by atoms with Crippen molar-refractivity contribution < 1.29 is 14.6 Å². The highest BCUT2D eigenvalue weighted by Crippen LogP contribution is 2.16. The van der Waals surface area contributed by atoms with E-state index in [2.05, 4.69) is 6.58 Å². The summed E-state index contributed by atoms with van der Waals surface area (Å²) in [6.45, 7) is 8.29. The number of nitrogens with zero attached hydrogens (tertiary/aromatic N) is 3. The second kappa shape index (κ2) is 5.77. The maximum Gasteiger partial charge on any atom is 0.246 e. The largest absolute Gasteiger partial charge is 0.325 e. The molecule has 0 bridgehead atoms. The molecule has 0 spiro atoms. The third-order valence-corrected chi connectivity index (χ3v) is 2.63. The van der Waals surface area contributed by atoms with E-state index >= 15 is 0 Å². The molecule has 8 heteroatoms. The first kappa shape index (κ1) is 17.0. The average Bonchev–Trinajstić information content (AvgIpc) is 2.25. The number of hydrogen-bond acceptors (Lipinski definition) is 5. The van der Waals surface area contributed by atoms with Crippen LogP contribution >= 0.6 is 0 Å². The molecule has 0 heterocycles. The van der Waals surface area contributed by atoms with Crippen molar-refractivity contribution in [2.75, 3.05) is 13.1 Å². The maximum atomic E-state index is 11.7. The van der Waals surface area contributed by atoms with Gasteiger partial charge in [0, 0.05) is 37.5 Å². The molecule has 0 aromatic rings. The van der Waals surface area contributed by atoms with Gasteiger partial charge in [0.15, 0.2) is 0 Å². The molecular formula is C11H19N3O5. The third kappa shape index (κ3) is 4.65. The van der Waals surface area contributed by atoms with E-state index in [0.717, 1.165) is 11.0 Å². The van der Waals surface area contributed by atoms with Gasteiger partial charge >= 0.3 is 0 Å². The van der Waals surface area contributed by atoms with Crippen LogP contribution in [0.5, 0.6) is 0 Å². The van der Waals surface area contributed by atoms with Gasteiger partial charge in [0.25, 0.3) is 0 Å². The molecule has 0 aliphatic heterocycles. The van der Waals surface area contributed by atoms with Crippen molar-refractivity contribution in [3.8, 4) is 0 Å². The summed E-state index contributed by atoms with van der Waals surface area (Å²) >= 11 is 0. The molecule has 0 aliphatic rings. The van der Waals surface area contributed by atoms with Gasteiger partial charge < -0.3 is 4.90 Å². The first-order valence-electron chi connectivity index (χ1n) is 5.64. The van der Waals surface area contributed by atoms with Crippen LogP contribution in [0.25, 0.3) is 0 Å². The smallest absolute Gasteiger partial charge is 0.246 e. The standard InChI is InChI=1S/C11H19N3O5/c1-6-9(15)12(7-10(2,3)13(16)17)8-11(4,5)14(18)19/h6H,1,7-8H2,2-5H3. The Kier molecular flexibility index (Phi) is 5.16. The van der Waals surface area contributed by atoms with Gasteiger partial charge in [-0.2, -0.15) is 0 Å². The minimum Gasteiger partial charge on any atom is -0.325 e. The number of rotatable bonds is 7. The minimum atomic E-state index is -1.38. The molecule has 0 unspecified atom stereocenters. The molecule has 0 fully saturated rings. The average molecular weight is 273 g/mol. The van der Waals surface area contributed by atoms with E-state index in [1.165, 1.54) is 27.7 Å². The number of carbonyl (C=O) groups excluding carboxylic acids is 1. The summed E-state index contributed by atoms with van der Waals surface area (Å²) in [7, 11) is 0. The van der Waals surface area contributed by atoms with Crippen LogP contribution in [0, 0.1) is 20.2 Å². The van der Waals surface area contributed by atoms with Gasteiger partial charge in [-0.3, -0.25) is 25.0 Å². The lowest BCUT2D eigenvalue weighted by atomic mass is 10.0. The summed E-state index contributed by atoms with van der Waals surface area (Å²) in [6, 6.07) is 0. The van der Waals surface area contributed by atoms with Gasteiger partial charge in [-0.1, -0.05) is 6.58 Å². The molecule has 108 valence electrons. The Morgan fingerprint density at radius 3 is 1.63 bits per heavy atom. The fourth-order valence-corrected chi connectivity index (χ4v) is 1.39. The molecular weight excluding hydrogens is 254 g/mol. The van der Waals surface area contributed by atoms with Crippen LogP contribution in [-0.4, -0.2) is 44.8 Å². The molecule has 0 atom stereocenters. The Morgan fingerprint density at radius 1 is 1.11 bits per heavy atom. The zero-order valence-electron chi connectivity index (χ0n) is 11.6. The minimum absolute atomic E-state index is 0.220. The lowest BCUT2D eigenvalue weighted by molar-refractivity contribution is -0.568. The summed E-state index contributed by atoms with van der Waals surface area (Å²) in [5, 5.41) is 21.7. The van der Waals surface area contributed by atoms with Crippen molar-refractivity contribution in [3.05, 3.63) is 32.9 Å². The first-order valence-corrected chi connectivity index (χ1v) is 5.64. The van der Waals surface area contributed by atoms with Crippen molar-refractivity contribution in [2.24, 2.45) is 0 Å². The fraction of sp³-hybridized carbons (Fsp3) is 0.727. The number of nitro groups is 2. The van der Waals surface area contributed by atoms with Crippen LogP contribution in [0.1, 0.15) is 27.7 Å². The normalized spacial score (nSPS) is 11.8.